The second-order valence-corrected chi connectivity index (χ2v) is 5.65. The molecule has 0 radical (unpaired) electrons. The number of carbonyl (C=O) groups is 3. The summed E-state index contributed by atoms with van der Waals surface area (Å²) in [6, 6.07) is 13.3. The quantitative estimate of drug-likeness (QED) is 0.895. The van der Waals surface area contributed by atoms with Gasteiger partial charge in [0.15, 0.2) is 0 Å². The molecule has 2 aromatic carbocycles. The fourth-order valence-electron chi connectivity index (χ4n) is 2.44. The number of ketones is 2. The van der Waals surface area contributed by atoms with Gasteiger partial charge in [-0.15, -0.1) is 0 Å². The average Bonchev–Trinajstić information content (AvgIpc) is 2.58. The Morgan fingerprint density at radius 2 is 1.42 bits per heavy atom. The van der Waals surface area contributed by atoms with E-state index in [1.54, 1.807) is 48.5 Å². The smallest absolute Gasteiger partial charge is 0.221 e. The van der Waals surface area contributed by atoms with Crippen molar-refractivity contribution in [1.29, 1.82) is 0 Å². The monoisotopic (exact) mass is 340 g/mol. The van der Waals surface area contributed by atoms with E-state index < -0.39 is 0 Å². The third kappa shape index (κ3) is 2.94. The average molecular weight is 341 g/mol. The number of carbonyl (C=O) groups excluding carboxylic acids is 3. The van der Waals surface area contributed by atoms with Crippen LogP contribution in [-0.2, 0) is 4.79 Å². The number of allylic oxidation sites excluding steroid dienone is 2. The summed E-state index contributed by atoms with van der Waals surface area (Å²) in [4.78, 5) is 35.9. The summed E-state index contributed by atoms with van der Waals surface area (Å²) in [5.41, 5.74) is 1.89. The molecule has 6 heteroatoms. The first-order valence-electron chi connectivity index (χ1n) is 7.20. The molecule has 0 saturated heterocycles. The number of anilines is 2. The number of Topliss-reactive ketones (excluding diaryl/α,β-unsaturated/α-hetero) is 2. The van der Waals surface area contributed by atoms with E-state index in [0.717, 1.165) is 0 Å². The van der Waals surface area contributed by atoms with Gasteiger partial charge in [0.25, 0.3) is 0 Å². The molecule has 2 N–H and O–H groups in total. The van der Waals surface area contributed by atoms with Crippen LogP contribution in [0.1, 0.15) is 27.6 Å². The van der Waals surface area contributed by atoms with Crippen LogP contribution in [0.15, 0.2) is 59.3 Å². The molecule has 0 unspecified atom stereocenters. The molecule has 0 atom stereocenters. The lowest BCUT2D eigenvalue weighted by Crippen LogP contribution is -2.24. The molecule has 1 amide bonds. The third-order valence-corrected chi connectivity index (χ3v) is 3.90. The van der Waals surface area contributed by atoms with Crippen molar-refractivity contribution in [3.8, 4) is 0 Å². The Hall–Kier alpha value is -2.92. The lowest BCUT2D eigenvalue weighted by atomic mass is 9.92. The molecule has 0 aromatic heterocycles. The van der Waals surface area contributed by atoms with Gasteiger partial charge in [-0.2, -0.15) is 0 Å². The second-order valence-electron chi connectivity index (χ2n) is 5.28. The number of hydrogen-bond donors (Lipinski definition) is 2. The highest BCUT2D eigenvalue weighted by molar-refractivity contribution is 6.50. The molecule has 3 rings (SSSR count). The fraction of sp³-hybridized carbons (Fsp3) is 0.0556. The van der Waals surface area contributed by atoms with Gasteiger partial charge < -0.3 is 10.6 Å². The first kappa shape index (κ1) is 16.0. The van der Waals surface area contributed by atoms with Crippen LogP contribution in [0.2, 0.25) is 0 Å². The van der Waals surface area contributed by atoms with Crippen molar-refractivity contribution < 1.29 is 14.4 Å². The van der Waals surface area contributed by atoms with E-state index in [-0.39, 0.29) is 28.2 Å². The SMILES string of the molecule is CC(=O)Nc1ccc(NC2=C(Cl)C(=O)c3ccccc3C2=O)cc1. The predicted molar refractivity (Wildman–Crippen MR) is 92.4 cm³/mol. The Balaban J connectivity index is 1.90. The number of rotatable bonds is 3. The molecular weight excluding hydrogens is 328 g/mol. The van der Waals surface area contributed by atoms with E-state index in [1.165, 1.54) is 6.92 Å². The zero-order valence-electron chi connectivity index (χ0n) is 12.7. The maximum Gasteiger partial charge on any atom is 0.221 e. The second kappa shape index (κ2) is 6.29. The van der Waals surface area contributed by atoms with E-state index in [4.69, 9.17) is 11.6 Å². The van der Waals surface area contributed by atoms with Crippen molar-refractivity contribution >= 4 is 40.4 Å². The number of amides is 1. The van der Waals surface area contributed by atoms with Gasteiger partial charge in [0.2, 0.25) is 17.5 Å². The Bertz CT molecular complexity index is 885. The zero-order valence-corrected chi connectivity index (χ0v) is 13.5. The fourth-order valence-corrected chi connectivity index (χ4v) is 2.68. The molecule has 0 fully saturated rings. The van der Waals surface area contributed by atoms with Crippen LogP contribution >= 0.6 is 11.6 Å². The Labute approximate surface area is 143 Å². The van der Waals surface area contributed by atoms with Gasteiger partial charge in [-0.3, -0.25) is 14.4 Å². The molecule has 24 heavy (non-hydrogen) atoms. The van der Waals surface area contributed by atoms with Gasteiger partial charge in [0.05, 0.1) is 0 Å². The van der Waals surface area contributed by atoms with Crippen molar-refractivity contribution in [2.24, 2.45) is 0 Å². The normalized spacial score (nSPS) is 13.6. The van der Waals surface area contributed by atoms with Gasteiger partial charge in [-0.05, 0) is 24.3 Å². The van der Waals surface area contributed by atoms with Gasteiger partial charge in [-0.25, -0.2) is 0 Å². The molecule has 0 aliphatic heterocycles. The zero-order chi connectivity index (χ0) is 17.3. The molecule has 5 nitrogen and oxygen atoms in total. The van der Waals surface area contributed by atoms with E-state index in [1.807, 2.05) is 0 Å². The van der Waals surface area contributed by atoms with E-state index in [2.05, 4.69) is 10.6 Å². The first-order chi connectivity index (χ1) is 11.5. The standard InChI is InChI=1S/C18H13ClN2O3/c1-10(22)20-11-6-8-12(9-7-11)21-16-15(19)17(23)13-4-2-3-5-14(13)18(16)24/h2-9,21H,1H3,(H,20,22). The van der Waals surface area contributed by atoms with Crippen LogP contribution in [0, 0.1) is 0 Å². The van der Waals surface area contributed by atoms with Crippen LogP contribution in [0.4, 0.5) is 11.4 Å². The van der Waals surface area contributed by atoms with Crippen molar-refractivity contribution in [2.45, 2.75) is 6.92 Å². The van der Waals surface area contributed by atoms with Crippen LogP contribution in [0.3, 0.4) is 0 Å². The van der Waals surface area contributed by atoms with Crippen LogP contribution in [0.25, 0.3) is 0 Å². The summed E-state index contributed by atoms with van der Waals surface area (Å²) in [6.45, 7) is 1.42. The topological polar surface area (TPSA) is 75.3 Å². The maximum atomic E-state index is 12.6. The van der Waals surface area contributed by atoms with Crippen LogP contribution in [0.5, 0.6) is 0 Å². The number of nitrogens with one attached hydrogen (secondary N) is 2. The van der Waals surface area contributed by atoms with E-state index >= 15 is 0 Å². The molecule has 0 heterocycles. The molecule has 2 aromatic rings. The summed E-state index contributed by atoms with van der Waals surface area (Å²) in [5.74, 6) is -0.892. The Kier molecular flexibility index (Phi) is 4.18. The van der Waals surface area contributed by atoms with Crippen molar-refractivity contribution in [3.63, 3.8) is 0 Å². The highest BCUT2D eigenvalue weighted by Gasteiger charge is 2.31. The molecule has 120 valence electrons. The molecule has 0 bridgehead atoms. The number of fused-ring (bicyclic) bond motifs is 1. The summed E-state index contributed by atoms with van der Waals surface area (Å²) in [6.07, 6.45) is 0. The molecule has 1 aliphatic carbocycles. The first-order valence-corrected chi connectivity index (χ1v) is 7.58. The van der Waals surface area contributed by atoms with Gasteiger partial charge >= 0.3 is 0 Å². The summed E-state index contributed by atoms with van der Waals surface area (Å²) >= 11 is 6.10. The van der Waals surface area contributed by atoms with Gasteiger partial charge in [0.1, 0.15) is 10.7 Å². The van der Waals surface area contributed by atoms with E-state index in [9.17, 15) is 14.4 Å². The van der Waals surface area contributed by atoms with Crippen LogP contribution in [-0.4, -0.2) is 17.5 Å². The lowest BCUT2D eigenvalue weighted by molar-refractivity contribution is -0.114. The minimum Gasteiger partial charge on any atom is -0.351 e. The Morgan fingerprint density at radius 3 is 2.00 bits per heavy atom. The minimum absolute atomic E-state index is 0.0487. The predicted octanol–water partition coefficient (Wildman–Crippen LogP) is 3.59. The highest BCUT2D eigenvalue weighted by Crippen LogP contribution is 2.29. The van der Waals surface area contributed by atoms with Crippen molar-refractivity contribution in [3.05, 3.63) is 70.4 Å². The maximum absolute atomic E-state index is 12.6. The van der Waals surface area contributed by atoms with Gasteiger partial charge in [0, 0.05) is 29.4 Å². The minimum atomic E-state index is -0.385. The third-order valence-electron chi connectivity index (χ3n) is 3.54. The number of halogens is 1. The molecule has 1 aliphatic rings. The van der Waals surface area contributed by atoms with Crippen molar-refractivity contribution in [2.75, 3.05) is 10.6 Å². The van der Waals surface area contributed by atoms with Crippen LogP contribution < -0.4 is 10.6 Å². The summed E-state index contributed by atoms with van der Waals surface area (Å²) < 4.78 is 0. The summed E-state index contributed by atoms with van der Waals surface area (Å²) in [5, 5.41) is 5.41. The number of benzene rings is 2. The summed E-state index contributed by atoms with van der Waals surface area (Å²) in [7, 11) is 0. The number of hydrogen-bond acceptors (Lipinski definition) is 4. The molecule has 0 spiro atoms. The highest BCUT2D eigenvalue weighted by atomic mass is 35.5. The van der Waals surface area contributed by atoms with E-state index in [0.29, 0.717) is 22.5 Å². The molecular formula is C18H13ClN2O3. The lowest BCUT2D eigenvalue weighted by Gasteiger charge is -2.19. The Morgan fingerprint density at radius 1 is 0.875 bits per heavy atom. The largest absolute Gasteiger partial charge is 0.351 e. The van der Waals surface area contributed by atoms with Crippen molar-refractivity contribution in [1.82, 2.24) is 0 Å². The van der Waals surface area contributed by atoms with Gasteiger partial charge in [-0.1, -0.05) is 35.9 Å². The molecule has 0 saturated carbocycles.